The van der Waals surface area contributed by atoms with Crippen LogP contribution in [0.2, 0.25) is 0 Å². The Morgan fingerprint density at radius 2 is 2.11 bits per heavy atom. The van der Waals surface area contributed by atoms with E-state index in [1.54, 1.807) is 6.92 Å². The van der Waals surface area contributed by atoms with Crippen LogP contribution in [0.15, 0.2) is 0 Å². The van der Waals surface area contributed by atoms with Crippen molar-refractivity contribution < 1.29 is 4.79 Å². The highest BCUT2D eigenvalue weighted by Gasteiger charge is 2.41. The summed E-state index contributed by atoms with van der Waals surface area (Å²) in [6.07, 6.45) is 1.75. The van der Waals surface area contributed by atoms with Crippen LogP contribution in [0.1, 0.15) is 26.7 Å². The maximum absolute atomic E-state index is 10.8. The van der Waals surface area contributed by atoms with Crippen molar-refractivity contribution in [2.45, 2.75) is 32.7 Å². The van der Waals surface area contributed by atoms with Gasteiger partial charge < -0.3 is 5.73 Å². The van der Waals surface area contributed by atoms with E-state index < -0.39 is 0 Å². The molecule has 2 N–H and O–H groups in total. The Hall–Kier alpha value is -0.370. The SMILES string of the molecule is CC(=O)[C@]1(C)C[C@@H](N)C1. The Labute approximate surface area is 55.4 Å². The molecule has 0 aromatic heterocycles. The Morgan fingerprint density at radius 3 is 2.22 bits per heavy atom. The van der Waals surface area contributed by atoms with Crippen LogP contribution in [-0.2, 0) is 4.79 Å². The van der Waals surface area contributed by atoms with E-state index in [4.69, 9.17) is 5.73 Å². The number of hydrogen-bond donors (Lipinski definition) is 1. The first-order valence-corrected chi connectivity index (χ1v) is 3.31. The Morgan fingerprint density at radius 1 is 1.67 bits per heavy atom. The molecule has 1 aliphatic carbocycles. The molecule has 0 amide bonds. The van der Waals surface area contributed by atoms with E-state index in [9.17, 15) is 4.79 Å². The molecule has 2 heteroatoms. The average molecular weight is 127 g/mol. The molecule has 0 aromatic rings. The summed E-state index contributed by atoms with van der Waals surface area (Å²) < 4.78 is 0. The van der Waals surface area contributed by atoms with Gasteiger partial charge in [0, 0.05) is 11.5 Å². The molecule has 0 radical (unpaired) electrons. The zero-order chi connectivity index (χ0) is 7.07. The third-order valence-electron chi connectivity index (χ3n) is 2.28. The summed E-state index contributed by atoms with van der Waals surface area (Å²) in [5, 5.41) is 0. The van der Waals surface area contributed by atoms with Gasteiger partial charge in [-0.15, -0.1) is 0 Å². The van der Waals surface area contributed by atoms with E-state index in [-0.39, 0.29) is 17.2 Å². The lowest BCUT2D eigenvalue weighted by Gasteiger charge is -2.41. The molecular weight excluding hydrogens is 114 g/mol. The first kappa shape index (κ1) is 6.75. The fraction of sp³-hybridized carbons (Fsp3) is 0.857. The van der Waals surface area contributed by atoms with Gasteiger partial charge in [0.15, 0.2) is 0 Å². The Bertz CT molecular complexity index is 136. The van der Waals surface area contributed by atoms with Gasteiger partial charge in [-0.2, -0.15) is 0 Å². The lowest BCUT2D eigenvalue weighted by atomic mass is 9.65. The minimum atomic E-state index is -0.0700. The molecule has 0 aromatic carbocycles. The van der Waals surface area contributed by atoms with Crippen molar-refractivity contribution in [2.75, 3.05) is 0 Å². The van der Waals surface area contributed by atoms with E-state index >= 15 is 0 Å². The zero-order valence-corrected chi connectivity index (χ0v) is 5.98. The summed E-state index contributed by atoms with van der Waals surface area (Å²) in [6.45, 7) is 3.63. The monoisotopic (exact) mass is 127 g/mol. The molecule has 0 bridgehead atoms. The van der Waals surface area contributed by atoms with Gasteiger partial charge in [0.2, 0.25) is 0 Å². The summed E-state index contributed by atoms with van der Waals surface area (Å²) >= 11 is 0. The molecule has 1 rings (SSSR count). The molecule has 1 saturated carbocycles. The third-order valence-corrected chi connectivity index (χ3v) is 2.28. The molecule has 52 valence electrons. The van der Waals surface area contributed by atoms with Gasteiger partial charge in [0.05, 0.1) is 0 Å². The largest absolute Gasteiger partial charge is 0.328 e. The molecule has 0 heterocycles. The van der Waals surface area contributed by atoms with Crippen molar-refractivity contribution in [3.8, 4) is 0 Å². The Balaban J connectivity index is 2.50. The second kappa shape index (κ2) is 1.81. The predicted octanol–water partition coefficient (Wildman–Crippen LogP) is 0.703. The first-order valence-electron chi connectivity index (χ1n) is 3.31. The highest BCUT2D eigenvalue weighted by molar-refractivity contribution is 5.83. The molecule has 9 heavy (non-hydrogen) atoms. The number of hydrogen-bond acceptors (Lipinski definition) is 2. The number of rotatable bonds is 1. The summed E-state index contributed by atoms with van der Waals surface area (Å²) in [5.74, 6) is 0.282. The predicted molar refractivity (Wildman–Crippen MR) is 36.0 cm³/mol. The van der Waals surface area contributed by atoms with Crippen molar-refractivity contribution in [1.29, 1.82) is 0 Å². The molecule has 0 unspecified atom stereocenters. The minimum absolute atomic E-state index is 0.0700. The highest BCUT2D eigenvalue weighted by atomic mass is 16.1. The summed E-state index contributed by atoms with van der Waals surface area (Å²) in [4.78, 5) is 10.8. The molecular formula is C7H13NO. The van der Waals surface area contributed by atoms with Crippen LogP contribution in [0.3, 0.4) is 0 Å². The molecule has 0 atom stereocenters. The van der Waals surface area contributed by atoms with Crippen LogP contribution in [0.25, 0.3) is 0 Å². The standard InChI is InChI=1S/C7H13NO/c1-5(9)7(2)3-6(8)4-7/h6H,3-4,8H2,1-2H3/t6-,7-. The number of nitrogens with two attached hydrogens (primary N) is 1. The van der Waals surface area contributed by atoms with Crippen LogP contribution in [0, 0.1) is 5.41 Å². The van der Waals surface area contributed by atoms with Crippen molar-refractivity contribution in [1.82, 2.24) is 0 Å². The summed E-state index contributed by atoms with van der Waals surface area (Å²) in [7, 11) is 0. The van der Waals surface area contributed by atoms with Crippen LogP contribution in [0.4, 0.5) is 0 Å². The maximum Gasteiger partial charge on any atom is 0.135 e. The lowest BCUT2D eigenvalue weighted by Crippen LogP contribution is -2.48. The van der Waals surface area contributed by atoms with E-state index in [0.29, 0.717) is 0 Å². The van der Waals surface area contributed by atoms with E-state index in [1.165, 1.54) is 0 Å². The third kappa shape index (κ3) is 0.990. The fourth-order valence-electron chi connectivity index (χ4n) is 1.39. The van der Waals surface area contributed by atoms with Crippen molar-refractivity contribution in [3.05, 3.63) is 0 Å². The number of carbonyl (C=O) groups is 1. The van der Waals surface area contributed by atoms with E-state index in [0.717, 1.165) is 12.8 Å². The number of carbonyl (C=O) groups excluding carboxylic acids is 1. The molecule has 2 nitrogen and oxygen atoms in total. The maximum atomic E-state index is 10.8. The minimum Gasteiger partial charge on any atom is -0.328 e. The molecule has 0 saturated heterocycles. The quantitative estimate of drug-likeness (QED) is 0.563. The van der Waals surface area contributed by atoms with Gasteiger partial charge in [-0.3, -0.25) is 4.79 Å². The van der Waals surface area contributed by atoms with Crippen LogP contribution < -0.4 is 5.73 Å². The van der Waals surface area contributed by atoms with Gasteiger partial charge in [0.25, 0.3) is 0 Å². The van der Waals surface area contributed by atoms with Gasteiger partial charge >= 0.3 is 0 Å². The van der Waals surface area contributed by atoms with Crippen molar-refractivity contribution >= 4 is 5.78 Å². The molecule has 1 aliphatic rings. The number of Topliss-reactive ketones (excluding diaryl/α,β-unsaturated/α-hetero) is 1. The Kier molecular flexibility index (Phi) is 1.35. The zero-order valence-electron chi connectivity index (χ0n) is 5.98. The van der Waals surface area contributed by atoms with Gasteiger partial charge in [-0.05, 0) is 19.8 Å². The summed E-state index contributed by atoms with van der Waals surface area (Å²) in [6, 6.07) is 0.277. The molecule has 0 spiro atoms. The first-order chi connectivity index (χ1) is 4.04. The van der Waals surface area contributed by atoms with E-state index in [2.05, 4.69) is 0 Å². The summed E-state index contributed by atoms with van der Waals surface area (Å²) in [5.41, 5.74) is 5.47. The highest BCUT2D eigenvalue weighted by Crippen LogP contribution is 2.39. The fourth-order valence-corrected chi connectivity index (χ4v) is 1.39. The van der Waals surface area contributed by atoms with Crippen molar-refractivity contribution in [3.63, 3.8) is 0 Å². The smallest absolute Gasteiger partial charge is 0.135 e. The topological polar surface area (TPSA) is 43.1 Å². The average Bonchev–Trinajstić information content (AvgIpc) is 1.62. The molecule has 1 fully saturated rings. The van der Waals surface area contributed by atoms with Crippen LogP contribution in [0.5, 0.6) is 0 Å². The van der Waals surface area contributed by atoms with E-state index in [1.807, 2.05) is 6.92 Å². The van der Waals surface area contributed by atoms with Crippen LogP contribution in [-0.4, -0.2) is 11.8 Å². The second-order valence-corrected chi connectivity index (χ2v) is 3.29. The second-order valence-electron chi connectivity index (χ2n) is 3.29. The van der Waals surface area contributed by atoms with Crippen molar-refractivity contribution in [2.24, 2.45) is 11.1 Å². The number of ketones is 1. The van der Waals surface area contributed by atoms with Gasteiger partial charge in [-0.25, -0.2) is 0 Å². The van der Waals surface area contributed by atoms with Gasteiger partial charge in [-0.1, -0.05) is 6.92 Å². The molecule has 0 aliphatic heterocycles. The van der Waals surface area contributed by atoms with Gasteiger partial charge in [0.1, 0.15) is 5.78 Å². The van der Waals surface area contributed by atoms with Crippen LogP contribution >= 0.6 is 0 Å². The normalized spacial score (nSPS) is 41.9. The lowest BCUT2D eigenvalue weighted by molar-refractivity contribution is -0.130.